The Balaban J connectivity index is 1.96. The number of nitrogen functional groups attached to an aromatic ring is 1. The summed E-state index contributed by atoms with van der Waals surface area (Å²) in [4.78, 5) is 56.3. The number of aromatic amines is 1. The van der Waals surface area contributed by atoms with Gasteiger partial charge in [0.1, 0.15) is 12.4 Å². The predicted octanol–water partition coefficient (Wildman–Crippen LogP) is 2.57. The number of carbonyl (C=O) groups excluding carboxylic acids is 2. The molecule has 1 aromatic heterocycles. The maximum atomic E-state index is 13.4. The summed E-state index contributed by atoms with van der Waals surface area (Å²) in [5.41, 5.74) is 6.48. The van der Waals surface area contributed by atoms with Crippen LogP contribution in [0.15, 0.2) is 40.4 Å². The lowest BCUT2D eigenvalue weighted by Gasteiger charge is -2.27. The average molecular weight is 454 g/mol. The number of amides is 2. The number of anilines is 2. The number of carbonyl (C=O) groups is 2. The predicted molar refractivity (Wildman–Crippen MR) is 129 cm³/mol. The van der Waals surface area contributed by atoms with Crippen LogP contribution in [0.2, 0.25) is 0 Å². The van der Waals surface area contributed by atoms with Crippen LogP contribution in [0.4, 0.5) is 11.5 Å². The zero-order valence-electron chi connectivity index (χ0n) is 19.2. The quantitative estimate of drug-likeness (QED) is 0.536. The van der Waals surface area contributed by atoms with E-state index < -0.39 is 17.2 Å². The Kier molecular flexibility index (Phi) is 7.52. The van der Waals surface area contributed by atoms with Crippen molar-refractivity contribution in [3.63, 3.8) is 0 Å². The van der Waals surface area contributed by atoms with Crippen LogP contribution in [0, 0.1) is 0 Å². The van der Waals surface area contributed by atoms with Gasteiger partial charge in [-0.2, -0.15) is 0 Å². The molecule has 0 aliphatic carbocycles. The minimum atomic E-state index is -0.718. The van der Waals surface area contributed by atoms with Gasteiger partial charge in [-0.25, -0.2) is 4.79 Å². The van der Waals surface area contributed by atoms with Gasteiger partial charge in [-0.05, 0) is 18.9 Å². The van der Waals surface area contributed by atoms with E-state index >= 15 is 0 Å². The lowest BCUT2D eigenvalue weighted by atomic mass is 10.1. The Labute approximate surface area is 192 Å². The normalized spacial score (nSPS) is 12.8. The molecule has 0 saturated carbocycles. The highest BCUT2D eigenvalue weighted by molar-refractivity contribution is 6.11. The zero-order valence-corrected chi connectivity index (χ0v) is 19.2. The molecule has 0 radical (unpaired) electrons. The van der Waals surface area contributed by atoms with Crippen molar-refractivity contribution in [3.05, 3.63) is 62.8 Å². The third-order valence-electron chi connectivity index (χ3n) is 5.84. The zero-order chi connectivity index (χ0) is 24.1. The number of fused-ring (bicyclic) bond motifs is 1. The maximum Gasteiger partial charge on any atom is 0.330 e. The van der Waals surface area contributed by atoms with Gasteiger partial charge in [0, 0.05) is 29.9 Å². The number of unbranched alkanes of at least 4 members (excludes halogenated alkanes) is 3. The molecule has 0 saturated heterocycles. The highest BCUT2D eigenvalue weighted by Crippen LogP contribution is 2.31. The summed E-state index contributed by atoms with van der Waals surface area (Å²) in [6, 6.07) is 7.04. The molecule has 9 heteroatoms. The molecule has 3 rings (SSSR count). The van der Waals surface area contributed by atoms with Crippen molar-refractivity contribution in [1.82, 2.24) is 14.5 Å². The number of benzene rings is 1. The monoisotopic (exact) mass is 453 g/mol. The Bertz CT molecular complexity index is 1150. The lowest BCUT2D eigenvalue weighted by molar-refractivity contribution is -0.118. The van der Waals surface area contributed by atoms with Crippen LogP contribution < -0.4 is 21.9 Å². The summed E-state index contributed by atoms with van der Waals surface area (Å²) in [7, 11) is 0. The van der Waals surface area contributed by atoms with Gasteiger partial charge in [0.15, 0.2) is 5.69 Å². The molecule has 1 aliphatic heterocycles. The van der Waals surface area contributed by atoms with E-state index in [0.29, 0.717) is 36.2 Å². The van der Waals surface area contributed by atoms with Gasteiger partial charge in [-0.1, -0.05) is 57.9 Å². The molecule has 176 valence electrons. The van der Waals surface area contributed by atoms with Crippen LogP contribution in [0.25, 0.3) is 5.70 Å². The van der Waals surface area contributed by atoms with E-state index in [-0.39, 0.29) is 30.5 Å². The van der Waals surface area contributed by atoms with Crippen LogP contribution in [0.1, 0.15) is 61.9 Å². The molecule has 0 fully saturated rings. The Morgan fingerprint density at radius 3 is 2.36 bits per heavy atom. The fourth-order valence-corrected chi connectivity index (χ4v) is 3.98. The van der Waals surface area contributed by atoms with E-state index in [1.165, 1.54) is 14.4 Å². The van der Waals surface area contributed by atoms with Gasteiger partial charge >= 0.3 is 5.69 Å². The smallest absolute Gasteiger partial charge is 0.330 e. The molecule has 33 heavy (non-hydrogen) atoms. The second kappa shape index (κ2) is 10.3. The molecule has 0 atom stereocenters. The number of aromatic nitrogens is 2. The number of hydrogen-bond acceptors (Lipinski definition) is 5. The van der Waals surface area contributed by atoms with Crippen LogP contribution >= 0.6 is 0 Å². The topological polar surface area (TPSA) is 121 Å². The number of H-pyrrole nitrogens is 1. The van der Waals surface area contributed by atoms with E-state index in [1.54, 1.807) is 24.3 Å². The maximum absolute atomic E-state index is 13.4. The molecule has 1 aromatic carbocycles. The number of hydrogen-bond donors (Lipinski definition) is 2. The molecular formula is C24H31N5O4. The second-order valence-corrected chi connectivity index (χ2v) is 8.13. The van der Waals surface area contributed by atoms with E-state index in [1.807, 2.05) is 13.8 Å². The van der Waals surface area contributed by atoms with Gasteiger partial charge in [0.2, 0.25) is 5.91 Å². The molecule has 0 bridgehead atoms. The third-order valence-corrected chi connectivity index (χ3v) is 5.84. The van der Waals surface area contributed by atoms with Gasteiger partial charge < -0.3 is 10.6 Å². The van der Waals surface area contributed by atoms with Gasteiger partial charge in [0.05, 0.1) is 0 Å². The number of rotatable bonds is 10. The summed E-state index contributed by atoms with van der Waals surface area (Å²) >= 11 is 0. The van der Waals surface area contributed by atoms with E-state index in [0.717, 1.165) is 19.3 Å². The highest BCUT2D eigenvalue weighted by atomic mass is 16.2. The van der Waals surface area contributed by atoms with Crippen molar-refractivity contribution < 1.29 is 9.59 Å². The molecule has 9 nitrogen and oxygen atoms in total. The third kappa shape index (κ3) is 4.76. The molecule has 2 heterocycles. The van der Waals surface area contributed by atoms with Gasteiger partial charge in [-0.3, -0.25) is 28.8 Å². The first kappa shape index (κ1) is 24.0. The summed E-state index contributed by atoms with van der Waals surface area (Å²) in [6.45, 7) is 8.28. The Hall–Kier alpha value is -3.62. The lowest BCUT2D eigenvalue weighted by Crippen LogP contribution is -2.45. The molecule has 2 amide bonds. The summed E-state index contributed by atoms with van der Waals surface area (Å²) in [6.07, 6.45) is 3.93. The molecule has 0 spiro atoms. The van der Waals surface area contributed by atoms with Gasteiger partial charge in [-0.15, -0.1) is 0 Å². The Morgan fingerprint density at radius 2 is 1.73 bits per heavy atom. The first-order valence-corrected chi connectivity index (χ1v) is 11.3. The van der Waals surface area contributed by atoms with Crippen molar-refractivity contribution in [1.29, 1.82) is 0 Å². The van der Waals surface area contributed by atoms with Gasteiger partial charge in [0.25, 0.3) is 11.5 Å². The van der Waals surface area contributed by atoms with Crippen molar-refractivity contribution in [2.75, 3.05) is 23.7 Å². The summed E-state index contributed by atoms with van der Waals surface area (Å²) in [5, 5.41) is 0. The molecular weight excluding hydrogens is 422 g/mol. The fraction of sp³-hybridized carbons (Fsp3) is 0.417. The average Bonchev–Trinajstić information content (AvgIpc) is 3.03. The van der Waals surface area contributed by atoms with Crippen LogP contribution in [0.3, 0.4) is 0 Å². The fourth-order valence-electron chi connectivity index (χ4n) is 3.98. The van der Waals surface area contributed by atoms with Crippen LogP contribution in [0.5, 0.6) is 0 Å². The largest absolute Gasteiger partial charge is 0.383 e. The standard InChI is InChI=1S/C24H31N5O4/c1-4-6-10-14-27(20-21(25)28(13-7-5-2)24(33)26-22(20)31)19(30)15-29-16(3)17-11-8-9-12-18(17)23(29)32/h8-9,11-12H,3-7,10,13-15,25H2,1-2H3,(H,26,31,33). The van der Waals surface area contributed by atoms with Crippen molar-refractivity contribution >= 4 is 29.0 Å². The van der Waals surface area contributed by atoms with Crippen LogP contribution in [-0.4, -0.2) is 39.4 Å². The first-order valence-electron chi connectivity index (χ1n) is 11.3. The van der Waals surface area contributed by atoms with E-state index in [9.17, 15) is 19.2 Å². The number of nitrogens with zero attached hydrogens (tertiary/aromatic N) is 3. The Morgan fingerprint density at radius 1 is 1.06 bits per heavy atom. The number of nitrogens with two attached hydrogens (primary N) is 1. The van der Waals surface area contributed by atoms with E-state index in [4.69, 9.17) is 5.73 Å². The summed E-state index contributed by atoms with van der Waals surface area (Å²) < 4.78 is 1.29. The number of nitrogens with one attached hydrogen (secondary N) is 1. The minimum Gasteiger partial charge on any atom is -0.383 e. The molecule has 1 aliphatic rings. The van der Waals surface area contributed by atoms with Crippen LogP contribution in [-0.2, 0) is 11.3 Å². The highest BCUT2D eigenvalue weighted by Gasteiger charge is 2.34. The minimum absolute atomic E-state index is 0.0445. The molecule has 3 N–H and O–H groups in total. The van der Waals surface area contributed by atoms with Crippen molar-refractivity contribution in [2.45, 2.75) is 52.5 Å². The molecule has 0 unspecified atom stereocenters. The SMILES string of the molecule is C=C1c2ccccc2C(=O)N1CC(=O)N(CCCCC)c1c(N)n(CCCC)c(=O)[nH]c1=O. The van der Waals surface area contributed by atoms with Crippen molar-refractivity contribution in [3.8, 4) is 0 Å². The molecule has 2 aromatic rings. The summed E-state index contributed by atoms with van der Waals surface area (Å²) in [5.74, 6) is -0.824. The van der Waals surface area contributed by atoms with E-state index in [2.05, 4.69) is 11.6 Å². The first-order chi connectivity index (χ1) is 15.8. The van der Waals surface area contributed by atoms with Crippen molar-refractivity contribution in [2.24, 2.45) is 0 Å². The second-order valence-electron chi connectivity index (χ2n) is 8.13.